The van der Waals surface area contributed by atoms with Gasteiger partial charge in [-0.3, -0.25) is 14.9 Å². The van der Waals surface area contributed by atoms with E-state index in [1.165, 1.54) is 9.75 Å². The molecule has 6 rings (SSSR count). The van der Waals surface area contributed by atoms with Crippen molar-refractivity contribution in [1.29, 1.82) is 0 Å². The Kier molecular flexibility index (Phi) is 5.78. The first-order valence-corrected chi connectivity index (χ1v) is 12.7. The number of rotatable bonds is 6. The Balaban J connectivity index is 1.38. The number of aromatic nitrogens is 5. The molecule has 184 valence electrons. The lowest BCUT2D eigenvalue weighted by Crippen LogP contribution is -2.27. The molecule has 5 aromatic heterocycles. The Labute approximate surface area is 217 Å². The van der Waals surface area contributed by atoms with Crippen molar-refractivity contribution >= 4 is 44.9 Å². The summed E-state index contributed by atoms with van der Waals surface area (Å²) in [4.78, 5) is 28.9. The third-order valence-corrected chi connectivity index (χ3v) is 7.20. The average molecular weight is 508 g/mol. The van der Waals surface area contributed by atoms with Crippen LogP contribution in [0.2, 0.25) is 0 Å². The standard InChI is InChI=1S/C28H25N7OS/c1-16-4-7-25(37-16)20-8-9-30-28-21(20)12-24(32-28)27-22-11-17(5-6-23(22)33-34-27)18-10-19(14-29-13-18)31-26(36)15-35(2)3/h4-14H,15H2,1-3H3,(H,30,32)(H,31,36)(H,33,34). The summed E-state index contributed by atoms with van der Waals surface area (Å²) in [5.41, 5.74) is 7.20. The van der Waals surface area contributed by atoms with Gasteiger partial charge in [-0.1, -0.05) is 6.07 Å². The van der Waals surface area contributed by atoms with Crippen molar-refractivity contribution in [3.05, 3.63) is 72.0 Å². The number of nitrogens with zero attached hydrogens (tertiary/aromatic N) is 4. The molecular formula is C28H25N7OS. The van der Waals surface area contributed by atoms with Crippen molar-refractivity contribution in [2.45, 2.75) is 6.92 Å². The summed E-state index contributed by atoms with van der Waals surface area (Å²) in [5, 5.41) is 12.7. The molecule has 0 aliphatic heterocycles. The summed E-state index contributed by atoms with van der Waals surface area (Å²) in [6.45, 7) is 2.42. The second-order valence-corrected chi connectivity index (χ2v) is 10.6. The van der Waals surface area contributed by atoms with Gasteiger partial charge in [0.05, 0.1) is 29.6 Å². The van der Waals surface area contributed by atoms with E-state index < -0.39 is 0 Å². The minimum atomic E-state index is -0.0824. The molecule has 0 saturated carbocycles. The zero-order valence-electron chi connectivity index (χ0n) is 20.7. The number of likely N-dealkylation sites (N-methyl/N-ethyl adjacent to an activating group) is 1. The zero-order chi connectivity index (χ0) is 25.5. The Bertz CT molecular complexity index is 1760. The van der Waals surface area contributed by atoms with Crippen LogP contribution < -0.4 is 5.32 Å². The lowest BCUT2D eigenvalue weighted by Gasteiger charge is -2.11. The van der Waals surface area contributed by atoms with Gasteiger partial charge in [-0.25, -0.2) is 4.98 Å². The lowest BCUT2D eigenvalue weighted by atomic mass is 10.0. The number of nitrogens with one attached hydrogen (secondary N) is 3. The summed E-state index contributed by atoms with van der Waals surface area (Å²) < 4.78 is 0. The summed E-state index contributed by atoms with van der Waals surface area (Å²) >= 11 is 1.77. The molecule has 6 aromatic rings. The van der Waals surface area contributed by atoms with Crippen LogP contribution in [0.1, 0.15) is 4.88 Å². The number of H-pyrrole nitrogens is 2. The molecule has 0 bridgehead atoms. The Morgan fingerprint density at radius 3 is 2.73 bits per heavy atom. The maximum atomic E-state index is 12.2. The number of thiophene rings is 1. The number of fused-ring (bicyclic) bond motifs is 2. The van der Waals surface area contributed by atoms with E-state index in [-0.39, 0.29) is 5.91 Å². The van der Waals surface area contributed by atoms with E-state index in [0.717, 1.165) is 50.0 Å². The molecule has 0 aliphatic carbocycles. The van der Waals surface area contributed by atoms with Crippen LogP contribution >= 0.6 is 11.3 Å². The summed E-state index contributed by atoms with van der Waals surface area (Å²) in [6.07, 6.45) is 5.29. The van der Waals surface area contributed by atoms with Gasteiger partial charge in [0.25, 0.3) is 0 Å². The van der Waals surface area contributed by atoms with Gasteiger partial charge in [0.1, 0.15) is 11.3 Å². The number of carbonyl (C=O) groups excluding carboxylic acids is 1. The number of aryl methyl sites for hydroxylation is 1. The van der Waals surface area contributed by atoms with Crippen LogP contribution in [0, 0.1) is 6.92 Å². The van der Waals surface area contributed by atoms with Gasteiger partial charge in [-0.05, 0) is 69.0 Å². The van der Waals surface area contributed by atoms with Crippen LogP contribution in [-0.4, -0.2) is 56.6 Å². The second kappa shape index (κ2) is 9.27. The molecular weight excluding hydrogens is 482 g/mol. The molecule has 37 heavy (non-hydrogen) atoms. The molecule has 0 aliphatic rings. The number of pyridine rings is 2. The number of hydrogen-bond acceptors (Lipinski definition) is 6. The van der Waals surface area contributed by atoms with Gasteiger partial charge in [-0.15, -0.1) is 11.3 Å². The molecule has 0 unspecified atom stereocenters. The highest BCUT2D eigenvalue weighted by atomic mass is 32.1. The third kappa shape index (κ3) is 4.50. The first-order chi connectivity index (χ1) is 17.9. The van der Waals surface area contributed by atoms with Gasteiger partial charge in [0, 0.05) is 44.0 Å². The fraction of sp³-hybridized carbons (Fsp3) is 0.143. The third-order valence-electron chi connectivity index (χ3n) is 6.17. The predicted octanol–water partition coefficient (Wildman–Crippen LogP) is 5.71. The van der Waals surface area contributed by atoms with Crippen LogP contribution in [0.5, 0.6) is 0 Å². The molecule has 1 amide bonds. The average Bonchev–Trinajstić information content (AvgIpc) is 3.60. The predicted molar refractivity (Wildman–Crippen MR) is 150 cm³/mol. The Morgan fingerprint density at radius 1 is 1.03 bits per heavy atom. The minimum absolute atomic E-state index is 0.0824. The minimum Gasteiger partial charge on any atom is -0.338 e. The van der Waals surface area contributed by atoms with Crippen LogP contribution in [0.15, 0.2) is 67.1 Å². The zero-order valence-corrected chi connectivity index (χ0v) is 21.5. The molecule has 9 heteroatoms. The number of anilines is 1. The maximum absolute atomic E-state index is 12.2. The SMILES string of the molecule is Cc1ccc(-c2ccnc3[nH]c(-c4n[nH]c5ccc(-c6cncc(NC(=O)CN(C)C)c6)cc45)cc23)s1. The second-order valence-electron chi connectivity index (χ2n) is 9.29. The van der Waals surface area contributed by atoms with E-state index in [1.54, 1.807) is 23.7 Å². The molecule has 8 nitrogen and oxygen atoms in total. The molecule has 0 saturated heterocycles. The first-order valence-electron chi connectivity index (χ1n) is 11.9. The number of carbonyl (C=O) groups is 1. The monoisotopic (exact) mass is 507 g/mol. The van der Waals surface area contributed by atoms with Gasteiger partial charge in [0.15, 0.2) is 0 Å². The number of aromatic amines is 2. The number of benzene rings is 1. The van der Waals surface area contributed by atoms with E-state index in [0.29, 0.717) is 12.2 Å². The quantitative estimate of drug-likeness (QED) is 0.268. The number of amides is 1. The fourth-order valence-corrected chi connectivity index (χ4v) is 5.41. The molecule has 0 spiro atoms. The summed E-state index contributed by atoms with van der Waals surface area (Å²) in [6, 6.07) is 16.5. The highest BCUT2D eigenvalue weighted by Gasteiger charge is 2.16. The van der Waals surface area contributed by atoms with Crippen LogP contribution in [0.4, 0.5) is 5.69 Å². The van der Waals surface area contributed by atoms with Crippen LogP contribution in [0.25, 0.3) is 54.9 Å². The van der Waals surface area contributed by atoms with E-state index in [4.69, 9.17) is 0 Å². The molecule has 0 fully saturated rings. The normalized spacial score (nSPS) is 11.6. The first kappa shape index (κ1) is 23.1. The Hall–Kier alpha value is -4.34. The van der Waals surface area contributed by atoms with Crippen molar-refractivity contribution in [2.24, 2.45) is 0 Å². The van der Waals surface area contributed by atoms with Gasteiger partial charge in [-0.2, -0.15) is 5.10 Å². The highest BCUT2D eigenvalue weighted by molar-refractivity contribution is 7.15. The van der Waals surface area contributed by atoms with Crippen LogP contribution in [-0.2, 0) is 4.79 Å². The smallest absolute Gasteiger partial charge is 0.238 e. The molecule has 0 radical (unpaired) electrons. The molecule has 1 aromatic carbocycles. The van der Waals surface area contributed by atoms with E-state index in [9.17, 15) is 4.79 Å². The Morgan fingerprint density at radius 2 is 1.92 bits per heavy atom. The molecule has 5 heterocycles. The van der Waals surface area contributed by atoms with Crippen molar-refractivity contribution in [1.82, 2.24) is 30.0 Å². The number of hydrogen-bond donors (Lipinski definition) is 3. The largest absolute Gasteiger partial charge is 0.338 e. The van der Waals surface area contributed by atoms with Gasteiger partial charge < -0.3 is 15.2 Å². The van der Waals surface area contributed by atoms with E-state index in [1.807, 2.05) is 43.4 Å². The summed E-state index contributed by atoms with van der Waals surface area (Å²) in [5.74, 6) is -0.0824. The van der Waals surface area contributed by atoms with E-state index in [2.05, 4.69) is 67.7 Å². The van der Waals surface area contributed by atoms with Crippen molar-refractivity contribution in [3.8, 4) is 33.0 Å². The summed E-state index contributed by atoms with van der Waals surface area (Å²) in [7, 11) is 3.72. The van der Waals surface area contributed by atoms with Crippen molar-refractivity contribution in [3.63, 3.8) is 0 Å². The fourth-order valence-electron chi connectivity index (χ4n) is 4.50. The van der Waals surface area contributed by atoms with E-state index >= 15 is 0 Å². The van der Waals surface area contributed by atoms with Crippen molar-refractivity contribution in [2.75, 3.05) is 26.0 Å². The highest BCUT2D eigenvalue weighted by Crippen LogP contribution is 2.36. The molecule has 0 atom stereocenters. The van der Waals surface area contributed by atoms with Gasteiger partial charge >= 0.3 is 0 Å². The van der Waals surface area contributed by atoms with Crippen LogP contribution in [0.3, 0.4) is 0 Å². The lowest BCUT2D eigenvalue weighted by molar-refractivity contribution is -0.116. The van der Waals surface area contributed by atoms with Crippen molar-refractivity contribution < 1.29 is 4.79 Å². The van der Waals surface area contributed by atoms with Gasteiger partial charge in [0.2, 0.25) is 5.91 Å². The molecule has 3 N–H and O–H groups in total. The topological polar surface area (TPSA) is 103 Å². The maximum Gasteiger partial charge on any atom is 0.238 e.